The minimum Gasteiger partial charge on any atom is -0.329 e. The molecule has 1 aromatic rings. The zero-order valence-corrected chi connectivity index (χ0v) is 10.8. The molecule has 0 aliphatic heterocycles. The molecule has 1 unspecified atom stereocenters. The summed E-state index contributed by atoms with van der Waals surface area (Å²) in [6.45, 7) is 8.29. The number of nitrogens with zero attached hydrogens (tertiary/aromatic N) is 2. The van der Waals surface area contributed by atoms with Crippen molar-refractivity contribution < 1.29 is 0 Å². The molecule has 0 saturated carbocycles. The number of hydrogen-bond acceptors (Lipinski definition) is 3. The van der Waals surface area contributed by atoms with Gasteiger partial charge in [0.1, 0.15) is 0 Å². The van der Waals surface area contributed by atoms with Gasteiger partial charge in [-0.25, -0.2) is 0 Å². The van der Waals surface area contributed by atoms with Crippen LogP contribution < -0.4 is 5.73 Å². The molecule has 2 N–H and O–H groups in total. The van der Waals surface area contributed by atoms with Gasteiger partial charge >= 0.3 is 0 Å². The van der Waals surface area contributed by atoms with Gasteiger partial charge in [-0.3, -0.25) is 9.88 Å². The van der Waals surface area contributed by atoms with Crippen molar-refractivity contribution in [3.05, 3.63) is 30.1 Å². The van der Waals surface area contributed by atoms with Gasteiger partial charge in [0.2, 0.25) is 0 Å². The summed E-state index contributed by atoms with van der Waals surface area (Å²) in [6.07, 6.45) is 3.66. The van der Waals surface area contributed by atoms with Crippen LogP contribution in [0, 0.1) is 5.41 Å². The Labute approximate surface area is 98.7 Å². The second-order valence-electron chi connectivity index (χ2n) is 5.39. The summed E-state index contributed by atoms with van der Waals surface area (Å²) < 4.78 is 0. The first-order chi connectivity index (χ1) is 7.45. The highest BCUT2D eigenvalue weighted by atomic mass is 15.1. The van der Waals surface area contributed by atoms with Gasteiger partial charge in [-0.2, -0.15) is 0 Å². The van der Waals surface area contributed by atoms with Crippen molar-refractivity contribution >= 4 is 0 Å². The van der Waals surface area contributed by atoms with E-state index in [2.05, 4.69) is 37.7 Å². The second-order valence-corrected chi connectivity index (χ2v) is 5.39. The van der Waals surface area contributed by atoms with Crippen LogP contribution in [0.2, 0.25) is 0 Å². The molecule has 0 bridgehead atoms. The molecule has 1 heterocycles. The van der Waals surface area contributed by atoms with Gasteiger partial charge in [-0.15, -0.1) is 0 Å². The van der Waals surface area contributed by atoms with Crippen molar-refractivity contribution in [2.24, 2.45) is 11.1 Å². The van der Waals surface area contributed by atoms with E-state index >= 15 is 0 Å². The van der Waals surface area contributed by atoms with Gasteiger partial charge in [-0.1, -0.05) is 20.8 Å². The summed E-state index contributed by atoms with van der Waals surface area (Å²) in [6, 6.07) is 4.49. The molecule has 0 aliphatic carbocycles. The Morgan fingerprint density at radius 2 is 1.88 bits per heavy atom. The molecule has 0 amide bonds. The molecule has 0 saturated heterocycles. The van der Waals surface area contributed by atoms with Crippen LogP contribution in [0.15, 0.2) is 24.5 Å². The molecule has 3 heteroatoms. The highest BCUT2D eigenvalue weighted by molar-refractivity contribution is 5.09. The lowest BCUT2D eigenvalue weighted by molar-refractivity contribution is 0.125. The third-order valence-electron chi connectivity index (χ3n) is 2.94. The molecule has 1 atom stereocenters. The van der Waals surface area contributed by atoms with Crippen molar-refractivity contribution in [1.29, 1.82) is 0 Å². The highest BCUT2D eigenvalue weighted by Gasteiger charge is 2.26. The Hall–Kier alpha value is -0.930. The third-order valence-corrected chi connectivity index (χ3v) is 2.94. The van der Waals surface area contributed by atoms with Gasteiger partial charge in [0.25, 0.3) is 0 Å². The lowest BCUT2D eigenvalue weighted by atomic mass is 9.85. The van der Waals surface area contributed by atoms with E-state index in [9.17, 15) is 0 Å². The molecule has 0 radical (unpaired) electrons. The standard InChI is InChI=1S/C13H23N3/c1-13(2,3)12(9-14)16(4)10-11-5-7-15-8-6-11/h5-8,12H,9-10,14H2,1-4H3. The summed E-state index contributed by atoms with van der Waals surface area (Å²) >= 11 is 0. The summed E-state index contributed by atoms with van der Waals surface area (Å²) in [7, 11) is 2.13. The molecule has 0 spiro atoms. The largest absolute Gasteiger partial charge is 0.329 e. The number of rotatable bonds is 4. The molecule has 16 heavy (non-hydrogen) atoms. The zero-order valence-electron chi connectivity index (χ0n) is 10.8. The molecule has 0 aliphatic rings. The molecule has 0 fully saturated rings. The Kier molecular flexibility index (Phi) is 4.44. The Balaban J connectivity index is 2.67. The SMILES string of the molecule is CN(Cc1ccncc1)C(CN)C(C)(C)C. The Bertz CT molecular complexity index is 303. The molecule has 90 valence electrons. The summed E-state index contributed by atoms with van der Waals surface area (Å²) in [5.74, 6) is 0. The maximum absolute atomic E-state index is 5.86. The predicted molar refractivity (Wildman–Crippen MR) is 68.0 cm³/mol. The van der Waals surface area contributed by atoms with Gasteiger partial charge in [0, 0.05) is 31.5 Å². The Morgan fingerprint density at radius 1 is 1.31 bits per heavy atom. The lowest BCUT2D eigenvalue weighted by Gasteiger charge is -2.37. The quantitative estimate of drug-likeness (QED) is 0.844. The van der Waals surface area contributed by atoms with Crippen LogP contribution in [0.25, 0.3) is 0 Å². The minimum absolute atomic E-state index is 0.205. The zero-order chi connectivity index (χ0) is 12.2. The normalized spacial score (nSPS) is 14.1. The number of pyridine rings is 1. The smallest absolute Gasteiger partial charge is 0.0271 e. The fourth-order valence-electron chi connectivity index (χ4n) is 2.08. The van der Waals surface area contributed by atoms with E-state index in [1.807, 2.05) is 24.5 Å². The molecule has 0 aromatic carbocycles. The van der Waals surface area contributed by atoms with Crippen molar-refractivity contribution in [2.75, 3.05) is 13.6 Å². The molecule has 3 nitrogen and oxygen atoms in total. The monoisotopic (exact) mass is 221 g/mol. The maximum atomic E-state index is 5.86. The summed E-state index contributed by atoms with van der Waals surface area (Å²) in [5, 5.41) is 0. The van der Waals surface area contributed by atoms with Crippen LogP contribution in [-0.2, 0) is 6.54 Å². The van der Waals surface area contributed by atoms with Gasteiger partial charge in [0.05, 0.1) is 0 Å². The van der Waals surface area contributed by atoms with E-state index in [1.165, 1.54) is 5.56 Å². The van der Waals surface area contributed by atoms with Crippen LogP contribution >= 0.6 is 0 Å². The average Bonchev–Trinajstić information content (AvgIpc) is 2.17. The van der Waals surface area contributed by atoms with Crippen molar-refractivity contribution in [3.63, 3.8) is 0 Å². The first-order valence-electron chi connectivity index (χ1n) is 5.74. The lowest BCUT2D eigenvalue weighted by Crippen LogP contribution is -2.46. The van der Waals surface area contributed by atoms with E-state index in [4.69, 9.17) is 5.73 Å². The van der Waals surface area contributed by atoms with Gasteiger partial charge in [0.15, 0.2) is 0 Å². The first kappa shape index (κ1) is 13.1. The topological polar surface area (TPSA) is 42.2 Å². The number of likely N-dealkylation sites (N-methyl/N-ethyl adjacent to an activating group) is 1. The number of nitrogens with two attached hydrogens (primary N) is 1. The molecule has 1 aromatic heterocycles. The Morgan fingerprint density at radius 3 is 2.31 bits per heavy atom. The summed E-state index contributed by atoms with van der Waals surface area (Å²) in [5.41, 5.74) is 7.34. The van der Waals surface area contributed by atoms with Crippen LogP contribution in [0.4, 0.5) is 0 Å². The predicted octanol–water partition coefficient (Wildman–Crippen LogP) is 1.89. The fraction of sp³-hybridized carbons (Fsp3) is 0.615. The van der Waals surface area contributed by atoms with Crippen molar-refractivity contribution in [3.8, 4) is 0 Å². The van der Waals surface area contributed by atoms with E-state index in [0.717, 1.165) is 6.54 Å². The van der Waals surface area contributed by atoms with Crippen LogP contribution in [0.1, 0.15) is 26.3 Å². The number of aromatic nitrogens is 1. The van der Waals surface area contributed by atoms with E-state index in [0.29, 0.717) is 12.6 Å². The molecule has 1 rings (SSSR count). The fourth-order valence-corrected chi connectivity index (χ4v) is 2.08. The van der Waals surface area contributed by atoms with E-state index in [-0.39, 0.29) is 5.41 Å². The van der Waals surface area contributed by atoms with Crippen molar-refractivity contribution in [1.82, 2.24) is 9.88 Å². The molecular weight excluding hydrogens is 198 g/mol. The van der Waals surface area contributed by atoms with E-state index < -0.39 is 0 Å². The summed E-state index contributed by atoms with van der Waals surface area (Å²) in [4.78, 5) is 6.34. The first-order valence-corrected chi connectivity index (χ1v) is 5.74. The van der Waals surface area contributed by atoms with Crippen LogP contribution in [-0.4, -0.2) is 29.5 Å². The van der Waals surface area contributed by atoms with E-state index in [1.54, 1.807) is 0 Å². The van der Waals surface area contributed by atoms with Crippen molar-refractivity contribution in [2.45, 2.75) is 33.4 Å². The van der Waals surface area contributed by atoms with Crippen LogP contribution in [0.5, 0.6) is 0 Å². The maximum Gasteiger partial charge on any atom is 0.0271 e. The average molecular weight is 221 g/mol. The third kappa shape index (κ3) is 3.58. The highest BCUT2D eigenvalue weighted by Crippen LogP contribution is 2.23. The second kappa shape index (κ2) is 5.41. The minimum atomic E-state index is 0.205. The van der Waals surface area contributed by atoms with Gasteiger partial charge < -0.3 is 5.73 Å². The van der Waals surface area contributed by atoms with Gasteiger partial charge in [-0.05, 0) is 30.2 Å². The number of hydrogen-bond donors (Lipinski definition) is 1. The molecular formula is C13H23N3. The van der Waals surface area contributed by atoms with Crippen LogP contribution in [0.3, 0.4) is 0 Å².